The van der Waals surface area contributed by atoms with E-state index >= 15 is 0 Å². The van der Waals surface area contributed by atoms with Gasteiger partial charge in [0, 0.05) is 0 Å². The summed E-state index contributed by atoms with van der Waals surface area (Å²) >= 11 is 0. The van der Waals surface area contributed by atoms with Crippen molar-refractivity contribution in [2.24, 2.45) is 0 Å². The van der Waals surface area contributed by atoms with Crippen LogP contribution in [0.3, 0.4) is 0 Å². The molecule has 119 valence electrons. The van der Waals surface area contributed by atoms with Crippen LogP contribution in [0.15, 0.2) is 30.3 Å². The largest absolute Gasteiger partial charge is 0.0654 e. The van der Waals surface area contributed by atoms with Crippen LogP contribution in [-0.2, 0) is 6.42 Å². The maximum atomic E-state index is 2.48. The molecule has 0 amide bonds. The number of aryl methyl sites for hydroxylation is 1. The highest BCUT2D eigenvalue weighted by molar-refractivity contribution is 5.14. The van der Waals surface area contributed by atoms with Gasteiger partial charge in [-0.15, -0.1) is 0 Å². The van der Waals surface area contributed by atoms with E-state index in [1.807, 2.05) is 0 Å². The van der Waals surface area contributed by atoms with E-state index in [9.17, 15) is 0 Å². The summed E-state index contributed by atoms with van der Waals surface area (Å²) < 4.78 is 0. The highest BCUT2D eigenvalue weighted by Crippen LogP contribution is 2.13. The molecule has 0 atom stereocenters. The van der Waals surface area contributed by atoms with E-state index in [-0.39, 0.29) is 0 Å². The van der Waals surface area contributed by atoms with E-state index in [0.29, 0.717) is 0 Å². The molecule has 0 aliphatic carbocycles. The van der Waals surface area contributed by atoms with Gasteiger partial charge in [0.1, 0.15) is 0 Å². The fourth-order valence-electron chi connectivity index (χ4n) is 2.83. The molecule has 0 saturated heterocycles. The van der Waals surface area contributed by atoms with Crippen LogP contribution >= 0.6 is 0 Å². The first-order valence-corrected chi connectivity index (χ1v) is 9.29. The molecule has 0 saturated carbocycles. The van der Waals surface area contributed by atoms with Gasteiger partial charge in [-0.3, -0.25) is 0 Å². The van der Waals surface area contributed by atoms with Gasteiger partial charge in [-0.05, 0) is 24.8 Å². The normalized spacial score (nSPS) is 10.9. The summed E-state index contributed by atoms with van der Waals surface area (Å²) in [5.41, 5.74) is 1.47. The average Bonchev–Trinajstić information content (AvgIpc) is 2.53. The summed E-state index contributed by atoms with van der Waals surface area (Å²) in [6.07, 6.45) is 20.6. The SMILES string of the molecule is CCCCCCCCCCCC[CH]CCc1ccccc1. The molecule has 1 rings (SSSR count). The molecule has 1 aromatic carbocycles. The molecule has 0 aromatic heterocycles. The predicted octanol–water partition coefficient (Wildman–Crippen LogP) is 7.13. The van der Waals surface area contributed by atoms with Crippen molar-refractivity contribution in [2.45, 2.75) is 90.4 Å². The zero-order chi connectivity index (χ0) is 15.0. The van der Waals surface area contributed by atoms with Crippen molar-refractivity contribution < 1.29 is 0 Å². The minimum Gasteiger partial charge on any atom is -0.0654 e. The summed E-state index contributed by atoms with van der Waals surface area (Å²) in [5, 5.41) is 0. The van der Waals surface area contributed by atoms with Gasteiger partial charge in [-0.1, -0.05) is 108 Å². The fourth-order valence-corrected chi connectivity index (χ4v) is 2.83. The van der Waals surface area contributed by atoms with Crippen molar-refractivity contribution in [3.8, 4) is 0 Å². The van der Waals surface area contributed by atoms with Crippen LogP contribution in [-0.4, -0.2) is 0 Å². The Morgan fingerprint density at radius 2 is 1.24 bits per heavy atom. The molecule has 1 aromatic rings. The smallest absolute Gasteiger partial charge is 0.0276 e. The highest BCUT2D eigenvalue weighted by atomic mass is 14.0. The third-order valence-corrected chi connectivity index (χ3v) is 4.24. The Labute approximate surface area is 133 Å². The lowest BCUT2D eigenvalue weighted by molar-refractivity contribution is 0.554. The second-order valence-corrected chi connectivity index (χ2v) is 6.28. The monoisotopic (exact) mass is 287 g/mol. The molecule has 0 heteroatoms. The minimum atomic E-state index is 1.21. The zero-order valence-electron chi connectivity index (χ0n) is 14.2. The molecule has 0 unspecified atom stereocenters. The first-order valence-electron chi connectivity index (χ1n) is 9.29. The van der Waals surface area contributed by atoms with Crippen molar-refractivity contribution in [2.75, 3.05) is 0 Å². The number of unbranched alkanes of at least 4 members (excludes halogenated alkanes) is 12. The molecule has 0 aliphatic rings. The topological polar surface area (TPSA) is 0 Å². The zero-order valence-corrected chi connectivity index (χ0v) is 14.2. The van der Waals surface area contributed by atoms with Gasteiger partial charge in [0.05, 0.1) is 0 Å². The van der Waals surface area contributed by atoms with E-state index in [2.05, 4.69) is 43.7 Å². The van der Waals surface area contributed by atoms with E-state index in [1.165, 1.54) is 89.0 Å². The van der Waals surface area contributed by atoms with Crippen LogP contribution in [0, 0.1) is 6.42 Å². The highest BCUT2D eigenvalue weighted by Gasteiger charge is 1.95. The van der Waals surface area contributed by atoms with E-state index < -0.39 is 0 Å². The molecule has 0 fully saturated rings. The van der Waals surface area contributed by atoms with Crippen LogP contribution in [0.5, 0.6) is 0 Å². The molecule has 0 bridgehead atoms. The second kappa shape index (κ2) is 14.2. The average molecular weight is 288 g/mol. The van der Waals surface area contributed by atoms with Gasteiger partial charge in [0.2, 0.25) is 0 Å². The van der Waals surface area contributed by atoms with Gasteiger partial charge in [0.25, 0.3) is 0 Å². The van der Waals surface area contributed by atoms with Gasteiger partial charge < -0.3 is 0 Å². The van der Waals surface area contributed by atoms with Crippen LogP contribution in [0.1, 0.15) is 89.5 Å². The fraction of sp³-hybridized carbons (Fsp3) is 0.667. The molecular formula is C21H35. The molecule has 0 N–H and O–H groups in total. The Hall–Kier alpha value is -0.780. The van der Waals surface area contributed by atoms with Crippen LogP contribution < -0.4 is 0 Å². The van der Waals surface area contributed by atoms with E-state index in [1.54, 1.807) is 0 Å². The standard InChI is InChI=1S/C21H35/c1-2-3-4-5-6-7-8-9-10-11-12-13-15-18-21-19-16-14-17-20-21/h13-14,16-17,19-20H,2-12,15,18H2,1H3. The lowest BCUT2D eigenvalue weighted by Gasteiger charge is -2.03. The molecule has 0 heterocycles. The quantitative estimate of drug-likeness (QED) is 0.319. The number of hydrogen-bond acceptors (Lipinski definition) is 0. The summed E-state index contributed by atoms with van der Waals surface area (Å²) in [6, 6.07) is 10.8. The maximum absolute atomic E-state index is 2.48. The third-order valence-electron chi connectivity index (χ3n) is 4.24. The lowest BCUT2D eigenvalue weighted by atomic mass is 10.0. The Balaban J connectivity index is 1.75. The number of hydrogen-bond donors (Lipinski definition) is 0. The summed E-state index contributed by atoms with van der Waals surface area (Å²) in [7, 11) is 0. The number of rotatable bonds is 14. The van der Waals surface area contributed by atoms with Crippen molar-refractivity contribution in [3.05, 3.63) is 42.3 Å². The van der Waals surface area contributed by atoms with Crippen molar-refractivity contribution in [1.29, 1.82) is 0 Å². The van der Waals surface area contributed by atoms with Gasteiger partial charge in [-0.25, -0.2) is 0 Å². The van der Waals surface area contributed by atoms with Gasteiger partial charge >= 0.3 is 0 Å². The first kappa shape index (κ1) is 18.3. The summed E-state index contributed by atoms with van der Waals surface area (Å²) in [4.78, 5) is 0. The number of benzene rings is 1. The molecule has 21 heavy (non-hydrogen) atoms. The summed E-state index contributed by atoms with van der Waals surface area (Å²) in [5.74, 6) is 0. The summed E-state index contributed by atoms with van der Waals surface area (Å²) in [6.45, 7) is 2.29. The van der Waals surface area contributed by atoms with Crippen molar-refractivity contribution >= 4 is 0 Å². The van der Waals surface area contributed by atoms with Crippen LogP contribution in [0.25, 0.3) is 0 Å². The molecule has 0 spiro atoms. The molecule has 1 radical (unpaired) electrons. The first-order chi connectivity index (χ1) is 10.4. The predicted molar refractivity (Wildman–Crippen MR) is 95.5 cm³/mol. The van der Waals surface area contributed by atoms with E-state index in [0.717, 1.165) is 0 Å². The van der Waals surface area contributed by atoms with Gasteiger partial charge in [0.15, 0.2) is 0 Å². The minimum absolute atomic E-state index is 1.21. The van der Waals surface area contributed by atoms with E-state index in [4.69, 9.17) is 0 Å². The molecule has 0 aliphatic heterocycles. The second-order valence-electron chi connectivity index (χ2n) is 6.28. The lowest BCUT2D eigenvalue weighted by Crippen LogP contribution is -1.87. The molecular weight excluding hydrogens is 252 g/mol. The van der Waals surface area contributed by atoms with Crippen molar-refractivity contribution in [1.82, 2.24) is 0 Å². The van der Waals surface area contributed by atoms with Crippen LogP contribution in [0.2, 0.25) is 0 Å². The van der Waals surface area contributed by atoms with Crippen LogP contribution in [0.4, 0.5) is 0 Å². The van der Waals surface area contributed by atoms with Gasteiger partial charge in [-0.2, -0.15) is 0 Å². The Kier molecular flexibility index (Phi) is 12.3. The maximum Gasteiger partial charge on any atom is -0.0276 e. The van der Waals surface area contributed by atoms with Crippen molar-refractivity contribution in [3.63, 3.8) is 0 Å². The third kappa shape index (κ3) is 11.5. The Morgan fingerprint density at radius 1 is 0.667 bits per heavy atom. The Morgan fingerprint density at radius 3 is 1.86 bits per heavy atom. The Bertz CT molecular complexity index is 301. The molecule has 0 nitrogen and oxygen atoms in total.